The summed E-state index contributed by atoms with van der Waals surface area (Å²) in [6.07, 6.45) is -3.19. The fourth-order valence-corrected chi connectivity index (χ4v) is 4.96. The van der Waals surface area contributed by atoms with Crippen LogP contribution in [0.25, 0.3) is 0 Å². The number of halogens is 1. The van der Waals surface area contributed by atoms with E-state index in [0.717, 1.165) is 23.8 Å². The molecule has 0 saturated carbocycles. The number of hydrogen-bond acceptors (Lipinski definition) is 9. The summed E-state index contributed by atoms with van der Waals surface area (Å²) in [5, 5.41) is 13.0. The third-order valence-corrected chi connectivity index (χ3v) is 7.00. The molecular formula is C22H29FN3O9P. The number of hydrogen-bond donors (Lipinski definition) is 3. The second kappa shape index (κ2) is 11.5. The van der Waals surface area contributed by atoms with E-state index in [2.05, 4.69) is 5.09 Å². The standard InChI is InChI=1S/C22H29FN3O9P/c1-4-12-32-19(29)14(2)25-36(31,35-15-8-6-5-7-9-15)33-13-16-18(28)22(3,23)20(34-16)26-11-10-17(27)24-21(26)30/h5-11,14,16,18,20,28H,4,12-13H2,1-3H3,(H,25,31)(H,24,27,30)/t14?,16-,18-,20-,22-,36+/m1/s1. The molecule has 1 aromatic carbocycles. The first-order valence-corrected chi connectivity index (χ1v) is 12.8. The highest BCUT2D eigenvalue weighted by atomic mass is 31.2. The van der Waals surface area contributed by atoms with E-state index in [1.807, 2.05) is 11.9 Å². The number of rotatable bonds is 11. The third-order valence-electron chi connectivity index (χ3n) is 5.35. The second-order valence-electron chi connectivity index (χ2n) is 8.36. The van der Waals surface area contributed by atoms with Gasteiger partial charge in [-0.15, -0.1) is 0 Å². The first kappa shape index (κ1) is 27.8. The molecule has 2 heterocycles. The number of alkyl halides is 1. The van der Waals surface area contributed by atoms with Crippen LogP contribution in [-0.2, 0) is 23.4 Å². The Morgan fingerprint density at radius 2 is 2.03 bits per heavy atom. The van der Waals surface area contributed by atoms with Crippen LogP contribution in [0.5, 0.6) is 5.75 Å². The lowest BCUT2D eigenvalue weighted by molar-refractivity contribution is -0.145. The van der Waals surface area contributed by atoms with Gasteiger partial charge >= 0.3 is 19.4 Å². The molecule has 3 rings (SSSR count). The monoisotopic (exact) mass is 529 g/mol. The molecule has 1 aromatic heterocycles. The zero-order chi connectivity index (χ0) is 26.5. The van der Waals surface area contributed by atoms with Crippen molar-refractivity contribution in [1.82, 2.24) is 14.6 Å². The number of aliphatic hydroxyl groups is 1. The number of H-pyrrole nitrogens is 1. The number of carbonyl (C=O) groups is 1. The SMILES string of the molecule is CCCOC(=O)C(C)N[P@](=O)(OC[C@H]1O[C@@H](n2ccc(=O)[nH]c2=O)[C@](C)(F)[C@@H]1O)Oc1ccccc1. The van der Waals surface area contributed by atoms with Gasteiger partial charge in [0.25, 0.3) is 5.56 Å². The maximum atomic E-state index is 15.4. The molecule has 0 spiro atoms. The van der Waals surface area contributed by atoms with Crippen LogP contribution in [0.15, 0.2) is 52.2 Å². The van der Waals surface area contributed by atoms with E-state index in [1.54, 1.807) is 18.2 Å². The molecule has 0 aliphatic carbocycles. The van der Waals surface area contributed by atoms with Gasteiger partial charge in [-0.1, -0.05) is 25.1 Å². The van der Waals surface area contributed by atoms with Crippen molar-refractivity contribution in [1.29, 1.82) is 0 Å². The predicted octanol–water partition coefficient (Wildman–Crippen LogP) is 1.66. The van der Waals surface area contributed by atoms with Crippen LogP contribution < -0.4 is 20.9 Å². The lowest BCUT2D eigenvalue weighted by Crippen LogP contribution is -2.43. The molecule has 14 heteroatoms. The lowest BCUT2D eigenvalue weighted by atomic mass is 9.98. The Balaban J connectivity index is 1.78. The number of aliphatic hydroxyl groups excluding tert-OH is 1. The minimum Gasteiger partial charge on any atom is -0.465 e. The van der Waals surface area contributed by atoms with Crippen LogP contribution in [0.3, 0.4) is 0 Å². The summed E-state index contributed by atoms with van der Waals surface area (Å²) in [7, 11) is -4.29. The van der Waals surface area contributed by atoms with Gasteiger partial charge in [-0.2, -0.15) is 5.09 Å². The molecule has 2 aromatic rings. The zero-order valence-corrected chi connectivity index (χ0v) is 20.9. The number of para-hydroxylation sites is 1. The van der Waals surface area contributed by atoms with E-state index in [-0.39, 0.29) is 12.4 Å². The van der Waals surface area contributed by atoms with Gasteiger partial charge in [-0.3, -0.25) is 23.7 Å². The van der Waals surface area contributed by atoms with Gasteiger partial charge in [0.1, 0.15) is 24.0 Å². The van der Waals surface area contributed by atoms with E-state index < -0.39 is 61.7 Å². The lowest BCUT2D eigenvalue weighted by Gasteiger charge is -2.25. The van der Waals surface area contributed by atoms with Gasteiger partial charge < -0.3 is 19.1 Å². The normalized spacial score (nSPS) is 26.2. The highest BCUT2D eigenvalue weighted by molar-refractivity contribution is 7.52. The number of aromatic amines is 1. The minimum absolute atomic E-state index is 0.156. The Hall–Kier alpha value is -2.83. The number of nitrogens with zero attached hydrogens (tertiary/aromatic N) is 1. The predicted molar refractivity (Wildman–Crippen MR) is 125 cm³/mol. The van der Waals surface area contributed by atoms with Gasteiger partial charge in [-0.05, 0) is 32.4 Å². The fraction of sp³-hybridized carbons (Fsp3) is 0.500. The Bertz CT molecular complexity index is 1200. The number of benzene rings is 1. The van der Waals surface area contributed by atoms with Crippen LogP contribution in [0.4, 0.5) is 4.39 Å². The molecular weight excluding hydrogens is 500 g/mol. The van der Waals surface area contributed by atoms with Crippen LogP contribution in [-0.4, -0.2) is 57.8 Å². The van der Waals surface area contributed by atoms with E-state index >= 15 is 4.39 Å². The summed E-state index contributed by atoms with van der Waals surface area (Å²) in [5.41, 5.74) is -4.11. The zero-order valence-electron chi connectivity index (χ0n) is 20.0. The number of aromatic nitrogens is 2. The highest BCUT2D eigenvalue weighted by Crippen LogP contribution is 2.47. The van der Waals surface area contributed by atoms with Crippen molar-refractivity contribution in [2.45, 2.75) is 57.3 Å². The van der Waals surface area contributed by atoms with Gasteiger partial charge in [0, 0.05) is 12.3 Å². The number of ether oxygens (including phenoxy) is 2. The van der Waals surface area contributed by atoms with Gasteiger partial charge in [0.15, 0.2) is 11.9 Å². The molecule has 0 amide bonds. The Morgan fingerprint density at radius 1 is 1.33 bits per heavy atom. The summed E-state index contributed by atoms with van der Waals surface area (Å²) in [4.78, 5) is 37.7. The van der Waals surface area contributed by atoms with E-state index in [4.69, 9.17) is 18.5 Å². The van der Waals surface area contributed by atoms with Gasteiger partial charge in [-0.25, -0.2) is 13.8 Å². The Labute approximate surface area is 205 Å². The summed E-state index contributed by atoms with van der Waals surface area (Å²) in [5.74, 6) is -0.535. The van der Waals surface area contributed by atoms with Crippen LogP contribution in [0, 0.1) is 0 Å². The molecule has 1 fully saturated rings. The van der Waals surface area contributed by atoms with Crippen LogP contribution in [0.1, 0.15) is 33.4 Å². The molecule has 12 nitrogen and oxygen atoms in total. The van der Waals surface area contributed by atoms with Crippen LogP contribution >= 0.6 is 7.75 Å². The number of carbonyl (C=O) groups excluding carboxylic acids is 1. The third kappa shape index (κ3) is 6.48. The van der Waals surface area contributed by atoms with Crippen molar-refractivity contribution >= 4 is 13.7 Å². The molecule has 1 aliphatic heterocycles. The molecule has 1 saturated heterocycles. The smallest absolute Gasteiger partial charge is 0.459 e. The summed E-state index contributed by atoms with van der Waals surface area (Å²) in [6.45, 7) is 3.77. The molecule has 1 aliphatic rings. The topological polar surface area (TPSA) is 158 Å². The average Bonchev–Trinajstić information content (AvgIpc) is 3.05. The maximum Gasteiger partial charge on any atom is 0.459 e. The molecule has 6 atom stereocenters. The van der Waals surface area contributed by atoms with Crippen molar-refractivity contribution in [2.75, 3.05) is 13.2 Å². The van der Waals surface area contributed by atoms with Crippen molar-refractivity contribution < 1.29 is 37.4 Å². The van der Waals surface area contributed by atoms with Crippen molar-refractivity contribution in [3.8, 4) is 5.75 Å². The highest BCUT2D eigenvalue weighted by Gasteiger charge is 2.55. The molecule has 198 valence electrons. The Kier molecular flexibility index (Phi) is 8.85. The minimum atomic E-state index is -4.29. The first-order chi connectivity index (χ1) is 17.0. The quantitative estimate of drug-likeness (QED) is 0.289. The molecule has 1 unspecified atom stereocenters. The molecule has 0 bridgehead atoms. The first-order valence-electron chi connectivity index (χ1n) is 11.2. The largest absolute Gasteiger partial charge is 0.465 e. The molecule has 36 heavy (non-hydrogen) atoms. The van der Waals surface area contributed by atoms with E-state index in [9.17, 15) is 24.1 Å². The van der Waals surface area contributed by atoms with Crippen molar-refractivity contribution in [2.24, 2.45) is 0 Å². The average molecular weight is 529 g/mol. The van der Waals surface area contributed by atoms with E-state index in [0.29, 0.717) is 6.42 Å². The second-order valence-corrected chi connectivity index (χ2v) is 10.1. The fourth-order valence-electron chi connectivity index (χ4n) is 3.46. The Morgan fingerprint density at radius 3 is 2.67 bits per heavy atom. The van der Waals surface area contributed by atoms with Crippen LogP contribution in [0.2, 0.25) is 0 Å². The van der Waals surface area contributed by atoms with E-state index in [1.165, 1.54) is 19.1 Å². The van der Waals surface area contributed by atoms with Crippen molar-refractivity contribution in [3.05, 3.63) is 63.4 Å². The van der Waals surface area contributed by atoms with Gasteiger partial charge in [0.2, 0.25) is 0 Å². The van der Waals surface area contributed by atoms with Gasteiger partial charge in [0.05, 0.1) is 13.2 Å². The molecule has 0 radical (unpaired) electrons. The summed E-state index contributed by atoms with van der Waals surface area (Å²) >= 11 is 0. The number of esters is 1. The van der Waals surface area contributed by atoms with Crippen molar-refractivity contribution in [3.63, 3.8) is 0 Å². The number of nitrogens with one attached hydrogen (secondary N) is 2. The maximum absolute atomic E-state index is 15.4. The molecule has 3 N–H and O–H groups in total. The summed E-state index contributed by atoms with van der Waals surface area (Å²) < 4.78 is 51.3. The summed E-state index contributed by atoms with van der Waals surface area (Å²) in [6, 6.07) is 7.89.